The number of rotatable bonds is 6. The summed E-state index contributed by atoms with van der Waals surface area (Å²) in [7, 11) is 1.38. The highest BCUT2D eigenvalue weighted by molar-refractivity contribution is 6.03. The zero-order chi connectivity index (χ0) is 20.7. The molecule has 2 aromatic rings. The third-order valence-electron chi connectivity index (χ3n) is 3.40. The fourth-order valence-corrected chi connectivity index (χ4v) is 2.12. The quantitative estimate of drug-likeness (QED) is 0.398. The van der Waals surface area contributed by atoms with Crippen LogP contribution < -0.4 is 15.5 Å². The van der Waals surface area contributed by atoms with Crippen molar-refractivity contribution in [3.8, 4) is 11.5 Å². The van der Waals surface area contributed by atoms with Crippen molar-refractivity contribution in [3.63, 3.8) is 0 Å². The number of phenolic OH excluding ortho intramolecular Hbond substituents is 1. The molecule has 0 heterocycles. The van der Waals surface area contributed by atoms with E-state index in [1.54, 1.807) is 0 Å². The van der Waals surface area contributed by atoms with Gasteiger partial charge in [-0.2, -0.15) is 18.3 Å². The van der Waals surface area contributed by atoms with Gasteiger partial charge in [0.25, 0.3) is 0 Å². The fourth-order valence-electron chi connectivity index (χ4n) is 2.12. The number of hydrogen-bond acceptors (Lipinski definition) is 5. The first-order valence-corrected chi connectivity index (χ1v) is 7.85. The molecule has 148 valence electrons. The van der Waals surface area contributed by atoms with Crippen LogP contribution >= 0.6 is 0 Å². The van der Waals surface area contributed by atoms with Crippen LogP contribution in [0, 0.1) is 0 Å². The number of hydrazone groups is 1. The molecule has 0 bridgehead atoms. The Hall–Kier alpha value is -3.56. The number of aromatic hydroxyl groups is 1. The number of phenols is 1. The Morgan fingerprint density at radius 2 is 1.93 bits per heavy atom. The molecule has 3 N–H and O–H groups in total. The summed E-state index contributed by atoms with van der Waals surface area (Å²) in [6, 6.07) is 8.45. The molecule has 28 heavy (non-hydrogen) atoms. The molecule has 0 radical (unpaired) electrons. The second-order valence-corrected chi connectivity index (χ2v) is 5.53. The maximum atomic E-state index is 12.7. The van der Waals surface area contributed by atoms with E-state index in [1.165, 1.54) is 37.6 Å². The van der Waals surface area contributed by atoms with Gasteiger partial charge in [0.15, 0.2) is 11.5 Å². The van der Waals surface area contributed by atoms with Crippen LogP contribution in [0.25, 0.3) is 0 Å². The van der Waals surface area contributed by atoms with Gasteiger partial charge in [-0.05, 0) is 42.0 Å². The average Bonchev–Trinajstić information content (AvgIpc) is 2.62. The number of hydrogen-bond donors (Lipinski definition) is 3. The van der Waals surface area contributed by atoms with E-state index in [0.29, 0.717) is 5.56 Å². The minimum absolute atomic E-state index is 0.0602. The van der Waals surface area contributed by atoms with E-state index < -0.39 is 30.0 Å². The maximum absolute atomic E-state index is 12.7. The Morgan fingerprint density at radius 3 is 2.61 bits per heavy atom. The molecule has 0 unspecified atom stereocenters. The van der Waals surface area contributed by atoms with E-state index in [-0.39, 0.29) is 17.2 Å². The van der Waals surface area contributed by atoms with Crippen LogP contribution in [0.15, 0.2) is 47.6 Å². The zero-order valence-electron chi connectivity index (χ0n) is 14.6. The maximum Gasteiger partial charge on any atom is 0.416 e. The third-order valence-corrected chi connectivity index (χ3v) is 3.40. The first-order chi connectivity index (χ1) is 13.2. The van der Waals surface area contributed by atoms with Crippen LogP contribution in [0.1, 0.15) is 17.5 Å². The lowest BCUT2D eigenvalue weighted by Crippen LogP contribution is -2.24. The van der Waals surface area contributed by atoms with Gasteiger partial charge in [0.05, 0.1) is 18.9 Å². The minimum Gasteiger partial charge on any atom is -0.504 e. The van der Waals surface area contributed by atoms with Gasteiger partial charge in [-0.1, -0.05) is 6.07 Å². The number of amides is 2. The average molecular weight is 395 g/mol. The minimum atomic E-state index is -4.54. The number of anilines is 1. The second-order valence-electron chi connectivity index (χ2n) is 5.53. The molecule has 0 fully saturated rings. The van der Waals surface area contributed by atoms with Crippen molar-refractivity contribution in [2.45, 2.75) is 12.6 Å². The predicted molar refractivity (Wildman–Crippen MR) is 95.1 cm³/mol. The van der Waals surface area contributed by atoms with Gasteiger partial charge in [-0.3, -0.25) is 9.59 Å². The first kappa shape index (κ1) is 20.7. The Labute approximate surface area is 157 Å². The van der Waals surface area contributed by atoms with Crippen molar-refractivity contribution in [1.29, 1.82) is 0 Å². The van der Waals surface area contributed by atoms with Crippen LogP contribution in [0.4, 0.5) is 18.9 Å². The molecule has 0 aromatic heterocycles. The molecule has 7 nitrogen and oxygen atoms in total. The van der Waals surface area contributed by atoms with Crippen molar-refractivity contribution < 1.29 is 32.6 Å². The van der Waals surface area contributed by atoms with Crippen molar-refractivity contribution in [3.05, 3.63) is 53.6 Å². The zero-order valence-corrected chi connectivity index (χ0v) is 14.6. The molecule has 10 heteroatoms. The molecule has 2 rings (SSSR count). The highest BCUT2D eigenvalue weighted by Crippen LogP contribution is 2.30. The summed E-state index contributed by atoms with van der Waals surface area (Å²) in [5.41, 5.74) is 1.65. The van der Waals surface area contributed by atoms with E-state index in [9.17, 15) is 27.9 Å². The van der Waals surface area contributed by atoms with Crippen LogP contribution in [0.5, 0.6) is 11.5 Å². The standard InChI is InChI=1S/C18H16F3N3O4/c1-28-15-7-11(5-6-14(15)25)10-22-24-17(27)9-16(26)23-13-4-2-3-12(8-13)18(19,20)21/h2-8,10,25H,9H2,1H3,(H,23,26)(H,24,27)/b22-10+. The normalized spacial score (nSPS) is 11.3. The monoisotopic (exact) mass is 395 g/mol. The molecule has 0 aliphatic carbocycles. The molecular weight excluding hydrogens is 379 g/mol. The molecule has 0 spiro atoms. The number of benzene rings is 2. The number of halogens is 3. The third kappa shape index (κ3) is 6.01. The van der Waals surface area contributed by atoms with Gasteiger partial charge in [0.2, 0.25) is 11.8 Å². The van der Waals surface area contributed by atoms with E-state index in [0.717, 1.165) is 18.2 Å². The molecule has 0 atom stereocenters. The van der Waals surface area contributed by atoms with Gasteiger partial charge in [-0.15, -0.1) is 0 Å². The van der Waals surface area contributed by atoms with Gasteiger partial charge < -0.3 is 15.2 Å². The van der Waals surface area contributed by atoms with Gasteiger partial charge in [0.1, 0.15) is 6.42 Å². The van der Waals surface area contributed by atoms with Gasteiger partial charge >= 0.3 is 6.18 Å². The Balaban J connectivity index is 1.88. The number of carbonyl (C=O) groups excluding carboxylic acids is 2. The molecule has 0 saturated heterocycles. The van der Waals surface area contributed by atoms with Crippen LogP contribution in [0.3, 0.4) is 0 Å². The first-order valence-electron chi connectivity index (χ1n) is 7.85. The smallest absolute Gasteiger partial charge is 0.416 e. The van der Waals surface area contributed by atoms with Gasteiger partial charge in [0, 0.05) is 5.69 Å². The Morgan fingerprint density at radius 1 is 1.18 bits per heavy atom. The number of carbonyl (C=O) groups is 2. The molecule has 0 aliphatic heterocycles. The van der Waals surface area contributed by atoms with E-state index in [4.69, 9.17) is 4.74 Å². The van der Waals surface area contributed by atoms with Crippen molar-refractivity contribution in [2.24, 2.45) is 5.10 Å². The predicted octanol–water partition coefficient (Wildman–Crippen LogP) is 2.90. The Bertz CT molecular complexity index is 898. The van der Waals surface area contributed by atoms with Gasteiger partial charge in [-0.25, -0.2) is 5.43 Å². The van der Waals surface area contributed by atoms with Crippen molar-refractivity contribution in [2.75, 3.05) is 12.4 Å². The van der Waals surface area contributed by atoms with E-state index in [2.05, 4.69) is 15.8 Å². The summed E-state index contributed by atoms with van der Waals surface area (Å²) in [4.78, 5) is 23.5. The number of nitrogens with zero attached hydrogens (tertiary/aromatic N) is 1. The lowest BCUT2D eigenvalue weighted by Gasteiger charge is -2.09. The summed E-state index contributed by atoms with van der Waals surface area (Å²) in [6.45, 7) is 0. The largest absolute Gasteiger partial charge is 0.504 e. The van der Waals surface area contributed by atoms with Crippen LogP contribution in [-0.4, -0.2) is 30.2 Å². The van der Waals surface area contributed by atoms with E-state index in [1.807, 2.05) is 0 Å². The summed E-state index contributed by atoms with van der Waals surface area (Å²) < 4.78 is 42.9. The molecule has 2 aromatic carbocycles. The lowest BCUT2D eigenvalue weighted by atomic mass is 10.2. The number of methoxy groups -OCH3 is 1. The lowest BCUT2D eigenvalue weighted by molar-refractivity contribution is -0.137. The summed E-state index contributed by atoms with van der Waals surface area (Å²) in [5, 5.41) is 15.4. The van der Waals surface area contributed by atoms with Crippen LogP contribution in [-0.2, 0) is 15.8 Å². The molecule has 0 saturated carbocycles. The number of ether oxygens (including phenoxy) is 1. The molecular formula is C18H16F3N3O4. The fraction of sp³-hybridized carbons (Fsp3) is 0.167. The summed E-state index contributed by atoms with van der Waals surface area (Å²) >= 11 is 0. The number of alkyl halides is 3. The Kier molecular flexibility index (Phi) is 6.59. The summed E-state index contributed by atoms with van der Waals surface area (Å²) in [5.74, 6) is -1.39. The molecule has 2 amide bonds. The highest BCUT2D eigenvalue weighted by atomic mass is 19.4. The van der Waals surface area contributed by atoms with Crippen molar-refractivity contribution in [1.82, 2.24) is 5.43 Å². The SMILES string of the molecule is COc1cc(/C=N/NC(=O)CC(=O)Nc2cccc(C(F)(F)F)c2)ccc1O. The highest BCUT2D eigenvalue weighted by Gasteiger charge is 2.30. The molecule has 0 aliphatic rings. The van der Waals surface area contributed by atoms with Crippen molar-refractivity contribution >= 4 is 23.7 Å². The van der Waals surface area contributed by atoms with E-state index >= 15 is 0 Å². The second kappa shape index (κ2) is 8.89. The van der Waals surface area contributed by atoms with Crippen LogP contribution in [0.2, 0.25) is 0 Å². The topological polar surface area (TPSA) is 100 Å². The number of nitrogens with one attached hydrogen (secondary N) is 2. The summed E-state index contributed by atoms with van der Waals surface area (Å²) in [6.07, 6.45) is -3.90.